The Morgan fingerprint density at radius 1 is 1.12 bits per heavy atom. The highest BCUT2D eigenvalue weighted by molar-refractivity contribution is 6.32. The van der Waals surface area contributed by atoms with Gasteiger partial charge in [0.05, 0.1) is 10.7 Å². The summed E-state index contributed by atoms with van der Waals surface area (Å²) in [6, 6.07) is 9.32. The number of hydrogen-bond acceptors (Lipinski definition) is 2. The van der Waals surface area contributed by atoms with Crippen LogP contribution in [0, 0.1) is 12.7 Å². The zero-order valence-electron chi connectivity index (χ0n) is 9.21. The molecule has 2 rings (SSSR count). The molecule has 0 unspecified atom stereocenters. The number of ether oxygens (including phenoxy) is 1. The third-order valence-corrected chi connectivity index (χ3v) is 2.59. The summed E-state index contributed by atoms with van der Waals surface area (Å²) in [6.07, 6.45) is 0. The molecule has 2 nitrogen and oxygen atoms in total. The Kier molecular flexibility index (Phi) is 3.20. The zero-order valence-corrected chi connectivity index (χ0v) is 9.96. The maximum atomic E-state index is 13.1. The predicted octanol–water partition coefficient (Wildman–Crippen LogP) is 4.16. The van der Waals surface area contributed by atoms with E-state index in [-0.39, 0.29) is 5.75 Å². The van der Waals surface area contributed by atoms with Gasteiger partial charge >= 0.3 is 0 Å². The molecule has 0 atom stereocenters. The van der Waals surface area contributed by atoms with E-state index in [4.69, 9.17) is 22.1 Å². The molecule has 0 spiro atoms. The van der Waals surface area contributed by atoms with E-state index in [9.17, 15) is 4.39 Å². The largest absolute Gasteiger partial charge is 0.454 e. The summed E-state index contributed by atoms with van der Waals surface area (Å²) >= 11 is 5.98. The van der Waals surface area contributed by atoms with Crippen LogP contribution in [0.3, 0.4) is 0 Å². The molecule has 4 heteroatoms. The Morgan fingerprint density at radius 2 is 1.88 bits per heavy atom. The highest BCUT2D eigenvalue weighted by atomic mass is 35.5. The lowest BCUT2D eigenvalue weighted by atomic mass is 10.2. The van der Waals surface area contributed by atoms with Gasteiger partial charge in [-0.05, 0) is 36.8 Å². The molecule has 0 radical (unpaired) electrons. The lowest BCUT2D eigenvalue weighted by molar-refractivity contribution is 0.479. The topological polar surface area (TPSA) is 35.2 Å². The summed E-state index contributed by atoms with van der Waals surface area (Å²) in [5.41, 5.74) is 7.05. The monoisotopic (exact) mass is 251 g/mol. The number of benzene rings is 2. The quantitative estimate of drug-likeness (QED) is 0.814. The van der Waals surface area contributed by atoms with Crippen molar-refractivity contribution in [2.45, 2.75) is 6.92 Å². The average Bonchev–Trinajstić information content (AvgIpc) is 2.28. The van der Waals surface area contributed by atoms with Gasteiger partial charge < -0.3 is 10.5 Å². The maximum absolute atomic E-state index is 13.1. The van der Waals surface area contributed by atoms with Crippen molar-refractivity contribution >= 4 is 17.3 Å². The Morgan fingerprint density at radius 3 is 2.65 bits per heavy atom. The van der Waals surface area contributed by atoms with E-state index in [1.165, 1.54) is 18.2 Å². The maximum Gasteiger partial charge on any atom is 0.153 e. The first-order valence-corrected chi connectivity index (χ1v) is 5.43. The molecule has 17 heavy (non-hydrogen) atoms. The third kappa shape index (κ3) is 2.68. The molecule has 0 saturated carbocycles. The fourth-order valence-corrected chi connectivity index (χ4v) is 1.56. The van der Waals surface area contributed by atoms with Crippen LogP contribution in [-0.2, 0) is 0 Å². The lowest BCUT2D eigenvalue weighted by Crippen LogP contribution is -1.93. The molecule has 0 aliphatic heterocycles. The summed E-state index contributed by atoms with van der Waals surface area (Å²) in [5, 5.41) is 0.458. The molecule has 88 valence electrons. The number of nitrogen functional groups attached to an aromatic ring is 1. The molecule has 0 bridgehead atoms. The number of anilines is 1. The van der Waals surface area contributed by atoms with Gasteiger partial charge in [-0.2, -0.15) is 0 Å². The van der Waals surface area contributed by atoms with Crippen LogP contribution in [0.4, 0.5) is 10.1 Å². The summed E-state index contributed by atoms with van der Waals surface area (Å²) in [4.78, 5) is 0. The fraction of sp³-hybridized carbons (Fsp3) is 0.0769. The van der Waals surface area contributed by atoms with E-state index in [0.717, 1.165) is 5.56 Å². The van der Waals surface area contributed by atoms with Crippen LogP contribution in [0.2, 0.25) is 5.02 Å². The molecule has 2 aromatic carbocycles. The smallest absolute Gasteiger partial charge is 0.153 e. The predicted molar refractivity (Wildman–Crippen MR) is 67.1 cm³/mol. The second-order valence-electron chi connectivity index (χ2n) is 3.72. The third-order valence-electron chi connectivity index (χ3n) is 2.28. The van der Waals surface area contributed by atoms with Crippen molar-refractivity contribution in [2.24, 2.45) is 0 Å². The van der Waals surface area contributed by atoms with Crippen molar-refractivity contribution in [3.8, 4) is 11.5 Å². The average molecular weight is 252 g/mol. The number of nitrogens with two attached hydrogens (primary N) is 1. The van der Waals surface area contributed by atoms with E-state index >= 15 is 0 Å². The number of halogens is 2. The van der Waals surface area contributed by atoms with E-state index < -0.39 is 5.82 Å². The van der Waals surface area contributed by atoms with Crippen molar-refractivity contribution < 1.29 is 9.13 Å². The lowest BCUT2D eigenvalue weighted by Gasteiger charge is -2.10. The van der Waals surface area contributed by atoms with Crippen molar-refractivity contribution in [3.63, 3.8) is 0 Å². The Labute approximate surface area is 104 Å². The van der Waals surface area contributed by atoms with Gasteiger partial charge in [0.2, 0.25) is 0 Å². The van der Waals surface area contributed by atoms with Crippen molar-refractivity contribution in [2.75, 3.05) is 5.73 Å². The number of rotatable bonds is 2. The molecule has 0 aliphatic rings. The first kappa shape index (κ1) is 11.7. The zero-order chi connectivity index (χ0) is 12.4. The second kappa shape index (κ2) is 4.63. The van der Waals surface area contributed by atoms with Crippen LogP contribution in [-0.4, -0.2) is 0 Å². The molecule has 0 aromatic heterocycles. The van der Waals surface area contributed by atoms with Gasteiger partial charge in [-0.3, -0.25) is 0 Å². The summed E-state index contributed by atoms with van der Waals surface area (Å²) in [5.74, 6) is 0.319. The Balaban J connectivity index is 2.37. The van der Waals surface area contributed by atoms with Gasteiger partial charge in [0.15, 0.2) is 5.75 Å². The summed E-state index contributed by atoms with van der Waals surface area (Å²) in [6.45, 7) is 1.91. The van der Waals surface area contributed by atoms with Gasteiger partial charge in [-0.1, -0.05) is 17.7 Å². The molecule has 0 amide bonds. The molecular formula is C13H11ClFNO. The van der Waals surface area contributed by atoms with Crippen LogP contribution < -0.4 is 10.5 Å². The van der Waals surface area contributed by atoms with Crippen molar-refractivity contribution in [1.82, 2.24) is 0 Å². The normalized spacial score (nSPS) is 10.3. The molecule has 0 aliphatic carbocycles. The number of aryl methyl sites for hydroxylation is 1. The highest BCUT2D eigenvalue weighted by Crippen LogP contribution is 2.33. The minimum atomic E-state index is -0.405. The van der Waals surface area contributed by atoms with Crippen LogP contribution in [0.5, 0.6) is 11.5 Å². The van der Waals surface area contributed by atoms with Crippen molar-refractivity contribution in [3.05, 3.63) is 52.8 Å². The molecule has 0 heterocycles. The van der Waals surface area contributed by atoms with Gasteiger partial charge in [-0.25, -0.2) is 4.39 Å². The molecule has 0 fully saturated rings. The SMILES string of the molecule is Cc1ccc(Cl)c(Oc2cc(F)ccc2N)c1. The minimum Gasteiger partial charge on any atom is -0.454 e. The van der Waals surface area contributed by atoms with E-state index in [1.54, 1.807) is 12.1 Å². The molecule has 2 N–H and O–H groups in total. The standard InChI is InChI=1S/C13H11ClFNO/c1-8-2-4-10(14)12(6-8)17-13-7-9(15)3-5-11(13)16/h2-7H,16H2,1H3. The summed E-state index contributed by atoms with van der Waals surface area (Å²) in [7, 11) is 0. The van der Waals surface area contributed by atoms with Gasteiger partial charge in [0, 0.05) is 6.07 Å². The van der Waals surface area contributed by atoms with E-state index in [2.05, 4.69) is 0 Å². The van der Waals surface area contributed by atoms with E-state index in [1.807, 2.05) is 13.0 Å². The van der Waals surface area contributed by atoms with Crippen LogP contribution in [0.15, 0.2) is 36.4 Å². The Hall–Kier alpha value is -1.74. The summed E-state index contributed by atoms with van der Waals surface area (Å²) < 4.78 is 18.6. The van der Waals surface area contributed by atoms with Crippen LogP contribution >= 0.6 is 11.6 Å². The van der Waals surface area contributed by atoms with Crippen molar-refractivity contribution in [1.29, 1.82) is 0 Å². The van der Waals surface area contributed by atoms with Crippen LogP contribution in [0.1, 0.15) is 5.56 Å². The Bertz CT molecular complexity index is 508. The van der Waals surface area contributed by atoms with E-state index in [0.29, 0.717) is 16.5 Å². The first-order chi connectivity index (χ1) is 8.06. The first-order valence-electron chi connectivity index (χ1n) is 5.05. The van der Waals surface area contributed by atoms with Gasteiger partial charge in [-0.15, -0.1) is 0 Å². The van der Waals surface area contributed by atoms with Gasteiger partial charge in [0.1, 0.15) is 11.6 Å². The molecule has 0 saturated heterocycles. The molecular weight excluding hydrogens is 241 g/mol. The minimum absolute atomic E-state index is 0.262. The fourth-order valence-electron chi connectivity index (χ4n) is 1.40. The molecule has 2 aromatic rings. The highest BCUT2D eigenvalue weighted by Gasteiger charge is 2.07. The van der Waals surface area contributed by atoms with Crippen LogP contribution in [0.25, 0.3) is 0 Å². The second-order valence-corrected chi connectivity index (χ2v) is 4.13. The number of hydrogen-bond donors (Lipinski definition) is 1. The van der Waals surface area contributed by atoms with Gasteiger partial charge in [0.25, 0.3) is 0 Å².